The van der Waals surface area contributed by atoms with Gasteiger partial charge in [0.25, 0.3) is 0 Å². The van der Waals surface area contributed by atoms with Crippen LogP contribution in [0.3, 0.4) is 0 Å². The van der Waals surface area contributed by atoms with Gasteiger partial charge >= 0.3 is 0 Å². The molecular formula is C18H22N4OS. The van der Waals surface area contributed by atoms with Gasteiger partial charge in [-0.3, -0.25) is 9.38 Å². The van der Waals surface area contributed by atoms with Crippen LogP contribution in [0, 0.1) is 5.92 Å². The van der Waals surface area contributed by atoms with Crippen LogP contribution in [0.5, 0.6) is 0 Å². The Kier molecular flexibility index (Phi) is 4.60. The highest BCUT2D eigenvalue weighted by Gasteiger charge is 2.30. The zero-order chi connectivity index (χ0) is 16.4. The second-order valence-electron chi connectivity index (χ2n) is 6.48. The summed E-state index contributed by atoms with van der Waals surface area (Å²) in [6, 6.07) is 5.92. The minimum Gasteiger partial charge on any atom is -0.396 e. The Balaban J connectivity index is 1.39. The third-order valence-electron chi connectivity index (χ3n) is 4.56. The molecule has 3 aromatic heterocycles. The predicted octanol–water partition coefficient (Wildman–Crippen LogP) is 2.61. The molecular weight excluding hydrogens is 320 g/mol. The lowest BCUT2D eigenvalue weighted by Crippen LogP contribution is -2.27. The molecule has 1 unspecified atom stereocenters. The van der Waals surface area contributed by atoms with Crippen LogP contribution in [-0.4, -0.2) is 32.6 Å². The molecule has 126 valence electrons. The van der Waals surface area contributed by atoms with E-state index < -0.39 is 0 Å². The maximum atomic E-state index is 9.65. The molecule has 0 aromatic carbocycles. The maximum Gasteiger partial charge on any atom is 0.194 e. The standard InChI is InChI=1S/C18H22N4OS/c23-12-13(9-15-3-1-2-6-20-15)10-19-11-16-17(14-4-5-14)21-18-22(16)7-8-24-18/h1-3,6-8,13-14,19,23H,4-5,9-12H2. The molecule has 24 heavy (non-hydrogen) atoms. The SMILES string of the molecule is OCC(CNCc1c(C2CC2)nc2sccn12)Cc1ccccn1. The number of fused-ring (bicyclic) bond motifs is 1. The minimum atomic E-state index is 0.166. The normalized spacial score (nSPS) is 15.9. The summed E-state index contributed by atoms with van der Waals surface area (Å²) in [5, 5.41) is 15.3. The van der Waals surface area contributed by atoms with Gasteiger partial charge in [0.15, 0.2) is 4.96 Å². The fourth-order valence-electron chi connectivity index (χ4n) is 3.12. The quantitative estimate of drug-likeness (QED) is 0.660. The van der Waals surface area contributed by atoms with E-state index in [1.165, 1.54) is 24.2 Å². The Morgan fingerprint density at radius 2 is 2.29 bits per heavy atom. The van der Waals surface area contributed by atoms with E-state index in [-0.39, 0.29) is 12.5 Å². The van der Waals surface area contributed by atoms with E-state index in [1.807, 2.05) is 18.2 Å². The number of pyridine rings is 1. The molecule has 2 N–H and O–H groups in total. The maximum absolute atomic E-state index is 9.65. The minimum absolute atomic E-state index is 0.166. The number of imidazole rings is 1. The van der Waals surface area contributed by atoms with Gasteiger partial charge in [0.2, 0.25) is 0 Å². The van der Waals surface area contributed by atoms with Gasteiger partial charge in [-0.2, -0.15) is 0 Å². The highest BCUT2D eigenvalue weighted by atomic mass is 32.1. The summed E-state index contributed by atoms with van der Waals surface area (Å²) < 4.78 is 2.21. The van der Waals surface area contributed by atoms with Crippen LogP contribution in [0.15, 0.2) is 36.0 Å². The van der Waals surface area contributed by atoms with Gasteiger partial charge in [0.05, 0.1) is 11.4 Å². The van der Waals surface area contributed by atoms with Crippen LogP contribution in [0.2, 0.25) is 0 Å². The number of rotatable bonds is 8. The molecule has 1 aliphatic rings. The highest BCUT2D eigenvalue weighted by molar-refractivity contribution is 7.15. The number of nitrogens with one attached hydrogen (secondary N) is 1. The molecule has 3 heterocycles. The molecule has 0 saturated heterocycles. The number of hydrogen-bond acceptors (Lipinski definition) is 5. The summed E-state index contributed by atoms with van der Waals surface area (Å²) >= 11 is 1.69. The van der Waals surface area contributed by atoms with Crippen molar-refractivity contribution in [1.29, 1.82) is 0 Å². The van der Waals surface area contributed by atoms with E-state index in [0.29, 0.717) is 5.92 Å². The molecule has 0 bridgehead atoms. The summed E-state index contributed by atoms with van der Waals surface area (Å²) in [7, 11) is 0. The summed E-state index contributed by atoms with van der Waals surface area (Å²) in [6.45, 7) is 1.73. The average Bonchev–Trinajstić information content (AvgIpc) is 3.25. The van der Waals surface area contributed by atoms with Crippen molar-refractivity contribution >= 4 is 16.3 Å². The third-order valence-corrected chi connectivity index (χ3v) is 5.32. The predicted molar refractivity (Wildman–Crippen MR) is 95.3 cm³/mol. The first-order valence-electron chi connectivity index (χ1n) is 8.51. The van der Waals surface area contributed by atoms with Crippen LogP contribution in [0.25, 0.3) is 4.96 Å². The van der Waals surface area contributed by atoms with E-state index in [2.05, 4.69) is 26.3 Å². The molecule has 1 atom stereocenters. The first-order valence-corrected chi connectivity index (χ1v) is 9.39. The Hall–Kier alpha value is -1.76. The van der Waals surface area contributed by atoms with Gasteiger partial charge in [-0.15, -0.1) is 11.3 Å². The highest BCUT2D eigenvalue weighted by Crippen LogP contribution is 2.41. The van der Waals surface area contributed by atoms with Crippen LogP contribution in [-0.2, 0) is 13.0 Å². The fraction of sp³-hybridized carbons (Fsp3) is 0.444. The zero-order valence-electron chi connectivity index (χ0n) is 13.6. The molecule has 1 fully saturated rings. The number of hydrogen-bond donors (Lipinski definition) is 2. The summed E-state index contributed by atoms with van der Waals surface area (Å²) in [4.78, 5) is 10.2. The van der Waals surface area contributed by atoms with E-state index in [4.69, 9.17) is 4.98 Å². The smallest absolute Gasteiger partial charge is 0.194 e. The lowest BCUT2D eigenvalue weighted by molar-refractivity contribution is 0.220. The molecule has 4 rings (SSSR count). The van der Waals surface area contributed by atoms with Crippen molar-refractivity contribution in [3.05, 3.63) is 53.1 Å². The molecule has 1 saturated carbocycles. The first-order chi connectivity index (χ1) is 11.8. The topological polar surface area (TPSA) is 62.5 Å². The molecule has 5 nitrogen and oxygen atoms in total. The lowest BCUT2D eigenvalue weighted by Gasteiger charge is -2.15. The van der Waals surface area contributed by atoms with Crippen molar-refractivity contribution in [2.75, 3.05) is 13.2 Å². The van der Waals surface area contributed by atoms with E-state index in [0.717, 1.165) is 30.2 Å². The molecule has 0 amide bonds. The van der Waals surface area contributed by atoms with Crippen LogP contribution in [0.4, 0.5) is 0 Å². The van der Waals surface area contributed by atoms with Gasteiger partial charge in [0.1, 0.15) is 0 Å². The summed E-state index contributed by atoms with van der Waals surface area (Å²) in [5.74, 6) is 0.825. The molecule has 1 aliphatic carbocycles. The largest absolute Gasteiger partial charge is 0.396 e. The second kappa shape index (κ2) is 7.01. The van der Waals surface area contributed by atoms with Crippen LogP contribution >= 0.6 is 11.3 Å². The summed E-state index contributed by atoms with van der Waals surface area (Å²) in [5.41, 5.74) is 3.57. The molecule has 0 spiro atoms. The first kappa shape index (κ1) is 15.7. The third kappa shape index (κ3) is 3.36. The van der Waals surface area contributed by atoms with E-state index in [9.17, 15) is 5.11 Å². The Bertz CT molecular complexity index is 794. The zero-order valence-corrected chi connectivity index (χ0v) is 14.4. The monoisotopic (exact) mass is 342 g/mol. The van der Waals surface area contributed by atoms with E-state index >= 15 is 0 Å². The van der Waals surface area contributed by atoms with Gasteiger partial charge in [-0.05, 0) is 37.3 Å². The number of nitrogens with zero attached hydrogens (tertiary/aromatic N) is 3. The fourth-order valence-corrected chi connectivity index (χ4v) is 3.86. The van der Waals surface area contributed by atoms with Crippen LogP contribution < -0.4 is 5.32 Å². The van der Waals surface area contributed by atoms with Crippen molar-refractivity contribution in [3.8, 4) is 0 Å². The van der Waals surface area contributed by atoms with Crippen molar-refractivity contribution < 1.29 is 5.11 Å². The Morgan fingerprint density at radius 3 is 3.04 bits per heavy atom. The Labute approximate surface area is 145 Å². The number of aliphatic hydroxyl groups excluding tert-OH is 1. The van der Waals surface area contributed by atoms with Crippen molar-refractivity contribution in [3.63, 3.8) is 0 Å². The van der Waals surface area contributed by atoms with Crippen LogP contribution in [0.1, 0.15) is 35.8 Å². The number of aromatic nitrogens is 3. The van der Waals surface area contributed by atoms with Crippen molar-refractivity contribution in [2.24, 2.45) is 5.92 Å². The number of aliphatic hydroxyl groups is 1. The van der Waals surface area contributed by atoms with Crippen molar-refractivity contribution in [2.45, 2.75) is 31.7 Å². The Morgan fingerprint density at radius 1 is 1.38 bits per heavy atom. The van der Waals surface area contributed by atoms with Gasteiger partial charge in [-0.25, -0.2) is 4.98 Å². The molecule has 6 heteroatoms. The average molecular weight is 342 g/mol. The molecule has 0 radical (unpaired) electrons. The lowest BCUT2D eigenvalue weighted by atomic mass is 10.0. The number of thiazole rings is 1. The molecule has 3 aromatic rings. The summed E-state index contributed by atoms with van der Waals surface area (Å²) in [6.07, 6.45) is 7.22. The second-order valence-corrected chi connectivity index (χ2v) is 7.35. The van der Waals surface area contributed by atoms with Gasteiger partial charge in [-0.1, -0.05) is 6.07 Å². The van der Waals surface area contributed by atoms with Gasteiger partial charge < -0.3 is 10.4 Å². The van der Waals surface area contributed by atoms with Gasteiger partial charge in [0, 0.05) is 49.1 Å². The van der Waals surface area contributed by atoms with E-state index in [1.54, 1.807) is 17.5 Å². The van der Waals surface area contributed by atoms with Crippen molar-refractivity contribution in [1.82, 2.24) is 19.7 Å². The molecule has 0 aliphatic heterocycles.